The van der Waals surface area contributed by atoms with E-state index in [0.29, 0.717) is 5.75 Å². The molecule has 0 aliphatic carbocycles. The van der Waals surface area contributed by atoms with Gasteiger partial charge >= 0.3 is 0 Å². The van der Waals surface area contributed by atoms with Crippen molar-refractivity contribution in [3.05, 3.63) is 64.2 Å². The van der Waals surface area contributed by atoms with E-state index in [2.05, 4.69) is 17.4 Å². The minimum atomic E-state index is -0.429. The Labute approximate surface area is 123 Å². The molecule has 0 bridgehead atoms. The normalized spacial score (nSPS) is 10.1. The molecule has 0 saturated heterocycles. The van der Waals surface area contributed by atoms with Gasteiger partial charge in [-0.1, -0.05) is 30.3 Å². The van der Waals surface area contributed by atoms with E-state index < -0.39 is 4.92 Å². The van der Waals surface area contributed by atoms with Crippen molar-refractivity contribution >= 4 is 11.4 Å². The highest BCUT2D eigenvalue weighted by atomic mass is 16.6. The summed E-state index contributed by atoms with van der Waals surface area (Å²) in [5.74, 6) is 0.490. The fourth-order valence-corrected chi connectivity index (χ4v) is 2.10. The summed E-state index contributed by atoms with van der Waals surface area (Å²) in [6.45, 7) is 0.781. The lowest BCUT2D eigenvalue weighted by Crippen LogP contribution is -2.04. The number of nitro groups is 1. The number of non-ortho nitro benzene ring substituents is 1. The maximum absolute atomic E-state index is 10.7. The number of anilines is 1. The van der Waals surface area contributed by atoms with Crippen LogP contribution in [0.5, 0.6) is 5.75 Å². The van der Waals surface area contributed by atoms with E-state index in [1.54, 1.807) is 6.07 Å². The highest BCUT2D eigenvalue weighted by molar-refractivity contribution is 5.60. The summed E-state index contributed by atoms with van der Waals surface area (Å²) in [6.07, 6.45) is 1.97. The lowest BCUT2D eigenvalue weighted by Gasteiger charge is -2.10. The molecule has 0 aliphatic rings. The molecule has 2 aromatic rings. The fraction of sp³-hybridized carbons (Fsp3) is 0.250. The quantitative estimate of drug-likeness (QED) is 0.479. The molecule has 0 aliphatic heterocycles. The van der Waals surface area contributed by atoms with Crippen molar-refractivity contribution in [3.63, 3.8) is 0 Å². The van der Waals surface area contributed by atoms with Gasteiger partial charge in [-0.25, -0.2) is 0 Å². The number of rotatable bonds is 7. The van der Waals surface area contributed by atoms with Gasteiger partial charge in [0.05, 0.1) is 23.8 Å². The lowest BCUT2D eigenvalue weighted by molar-refractivity contribution is -0.384. The van der Waals surface area contributed by atoms with E-state index in [1.807, 2.05) is 18.2 Å². The molecule has 0 heterocycles. The maximum Gasteiger partial charge on any atom is 0.273 e. The number of benzene rings is 2. The Morgan fingerprint density at radius 3 is 2.62 bits per heavy atom. The predicted octanol–water partition coefficient (Wildman–Crippen LogP) is 3.65. The zero-order valence-electron chi connectivity index (χ0n) is 11.9. The molecule has 5 nitrogen and oxygen atoms in total. The van der Waals surface area contributed by atoms with Crippen molar-refractivity contribution in [2.75, 3.05) is 19.0 Å². The Morgan fingerprint density at radius 2 is 1.95 bits per heavy atom. The standard InChI is InChI=1S/C16H18N2O3/c1-21-16-12-14(18(19)20)9-10-15(16)17-11-5-8-13-6-3-2-4-7-13/h2-4,6-7,9-10,12,17H,5,8,11H2,1H3. The van der Waals surface area contributed by atoms with Crippen LogP contribution in [0.2, 0.25) is 0 Å². The van der Waals surface area contributed by atoms with Crippen molar-refractivity contribution in [2.45, 2.75) is 12.8 Å². The van der Waals surface area contributed by atoms with Crippen LogP contribution in [0.25, 0.3) is 0 Å². The Morgan fingerprint density at radius 1 is 1.19 bits per heavy atom. The first-order chi connectivity index (χ1) is 10.2. The second-order valence-corrected chi connectivity index (χ2v) is 4.66. The van der Waals surface area contributed by atoms with Gasteiger partial charge in [-0.15, -0.1) is 0 Å². The summed E-state index contributed by atoms with van der Waals surface area (Å²) < 4.78 is 5.18. The van der Waals surface area contributed by atoms with E-state index in [4.69, 9.17) is 4.74 Å². The molecule has 0 fully saturated rings. The second kappa shape index (κ2) is 7.28. The van der Waals surface area contributed by atoms with Gasteiger partial charge in [-0.05, 0) is 24.5 Å². The zero-order chi connectivity index (χ0) is 15.1. The number of ether oxygens (including phenoxy) is 1. The number of hydrogen-bond donors (Lipinski definition) is 1. The minimum Gasteiger partial charge on any atom is -0.494 e. The van der Waals surface area contributed by atoms with Crippen LogP contribution in [0, 0.1) is 10.1 Å². The van der Waals surface area contributed by atoms with Crippen LogP contribution in [-0.4, -0.2) is 18.6 Å². The van der Waals surface area contributed by atoms with Crippen molar-refractivity contribution in [2.24, 2.45) is 0 Å². The second-order valence-electron chi connectivity index (χ2n) is 4.66. The largest absolute Gasteiger partial charge is 0.494 e. The Kier molecular flexibility index (Phi) is 5.15. The fourth-order valence-electron chi connectivity index (χ4n) is 2.10. The van der Waals surface area contributed by atoms with Gasteiger partial charge in [0.2, 0.25) is 0 Å². The molecule has 0 unspecified atom stereocenters. The van der Waals surface area contributed by atoms with Crippen LogP contribution in [0.3, 0.4) is 0 Å². The van der Waals surface area contributed by atoms with Crippen LogP contribution in [0.15, 0.2) is 48.5 Å². The summed E-state index contributed by atoms with van der Waals surface area (Å²) in [5, 5.41) is 14.0. The van der Waals surface area contributed by atoms with Gasteiger partial charge in [0.15, 0.2) is 0 Å². The molecule has 21 heavy (non-hydrogen) atoms. The van der Waals surface area contributed by atoms with Gasteiger partial charge in [0.1, 0.15) is 5.75 Å². The van der Waals surface area contributed by atoms with Crippen LogP contribution >= 0.6 is 0 Å². The molecule has 0 radical (unpaired) electrons. The van der Waals surface area contributed by atoms with E-state index in [0.717, 1.165) is 25.1 Å². The summed E-state index contributed by atoms with van der Waals surface area (Å²) in [4.78, 5) is 10.3. The third-order valence-electron chi connectivity index (χ3n) is 3.20. The first-order valence-corrected chi connectivity index (χ1v) is 6.81. The van der Waals surface area contributed by atoms with Crippen LogP contribution in [0.4, 0.5) is 11.4 Å². The van der Waals surface area contributed by atoms with E-state index in [1.165, 1.54) is 24.8 Å². The van der Waals surface area contributed by atoms with Crippen LogP contribution < -0.4 is 10.1 Å². The van der Waals surface area contributed by atoms with Crippen molar-refractivity contribution in [3.8, 4) is 5.75 Å². The summed E-state index contributed by atoms with van der Waals surface area (Å²) in [5.41, 5.74) is 2.10. The molecule has 0 spiro atoms. The number of nitro benzene ring substituents is 1. The molecule has 2 aromatic carbocycles. The average molecular weight is 286 g/mol. The third kappa shape index (κ3) is 4.21. The smallest absolute Gasteiger partial charge is 0.273 e. The van der Waals surface area contributed by atoms with E-state index in [-0.39, 0.29) is 5.69 Å². The Bertz CT molecular complexity index is 600. The molecule has 5 heteroatoms. The molecular formula is C16H18N2O3. The Balaban J connectivity index is 1.89. The zero-order valence-corrected chi connectivity index (χ0v) is 11.9. The van der Waals surface area contributed by atoms with Gasteiger partial charge in [0, 0.05) is 12.6 Å². The molecule has 0 aromatic heterocycles. The monoisotopic (exact) mass is 286 g/mol. The molecule has 2 rings (SSSR count). The topological polar surface area (TPSA) is 64.4 Å². The first kappa shape index (κ1) is 14.8. The Hall–Kier alpha value is -2.56. The first-order valence-electron chi connectivity index (χ1n) is 6.81. The van der Waals surface area contributed by atoms with Gasteiger partial charge in [-0.2, -0.15) is 0 Å². The summed E-state index contributed by atoms with van der Waals surface area (Å²) in [7, 11) is 1.51. The van der Waals surface area contributed by atoms with Gasteiger partial charge in [0.25, 0.3) is 5.69 Å². The molecule has 0 amide bonds. The number of hydrogen-bond acceptors (Lipinski definition) is 4. The summed E-state index contributed by atoms with van der Waals surface area (Å²) >= 11 is 0. The van der Waals surface area contributed by atoms with Gasteiger partial charge in [-0.3, -0.25) is 10.1 Å². The predicted molar refractivity (Wildman–Crippen MR) is 82.9 cm³/mol. The molecular weight excluding hydrogens is 268 g/mol. The molecule has 110 valence electrons. The average Bonchev–Trinajstić information content (AvgIpc) is 2.52. The minimum absolute atomic E-state index is 0.0293. The van der Waals surface area contributed by atoms with Crippen molar-refractivity contribution in [1.82, 2.24) is 0 Å². The number of methoxy groups -OCH3 is 1. The molecule has 1 N–H and O–H groups in total. The maximum atomic E-state index is 10.7. The third-order valence-corrected chi connectivity index (χ3v) is 3.20. The van der Waals surface area contributed by atoms with E-state index >= 15 is 0 Å². The lowest BCUT2D eigenvalue weighted by atomic mass is 10.1. The van der Waals surface area contributed by atoms with Gasteiger partial charge < -0.3 is 10.1 Å². The van der Waals surface area contributed by atoms with Crippen molar-refractivity contribution in [1.29, 1.82) is 0 Å². The SMILES string of the molecule is COc1cc([N+](=O)[O-])ccc1NCCCc1ccccc1. The van der Waals surface area contributed by atoms with Crippen LogP contribution in [-0.2, 0) is 6.42 Å². The molecule has 0 atom stereocenters. The van der Waals surface area contributed by atoms with Crippen molar-refractivity contribution < 1.29 is 9.66 Å². The van der Waals surface area contributed by atoms with Crippen LogP contribution in [0.1, 0.15) is 12.0 Å². The highest BCUT2D eigenvalue weighted by Gasteiger charge is 2.10. The molecule has 0 saturated carbocycles. The van der Waals surface area contributed by atoms with E-state index in [9.17, 15) is 10.1 Å². The number of aryl methyl sites for hydroxylation is 1. The number of nitrogens with one attached hydrogen (secondary N) is 1. The summed E-state index contributed by atoms with van der Waals surface area (Å²) in [6, 6.07) is 14.9. The highest BCUT2D eigenvalue weighted by Crippen LogP contribution is 2.28. The number of nitrogens with zero attached hydrogens (tertiary/aromatic N) is 1.